The fourth-order valence-corrected chi connectivity index (χ4v) is 2.85. The molecule has 0 bridgehead atoms. The first-order chi connectivity index (χ1) is 11.1. The van der Waals surface area contributed by atoms with Crippen LogP contribution in [-0.4, -0.2) is 24.0 Å². The molecule has 1 aromatic heterocycles. The molecule has 122 valence electrons. The molecule has 23 heavy (non-hydrogen) atoms. The third kappa shape index (κ3) is 5.15. The summed E-state index contributed by atoms with van der Waals surface area (Å²) in [6, 6.07) is 10.1. The van der Waals surface area contributed by atoms with Crippen LogP contribution in [0.5, 0.6) is 0 Å². The number of amides is 1. The van der Waals surface area contributed by atoms with Crippen molar-refractivity contribution in [3.8, 4) is 0 Å². The second-order valence-electron chi connectivity index (χ2n) is 5.48. The fraction of sp³-hybridized carbons (Fsp3) is 0.333. The molecule has 0 aliphatic heterocycles. The summed E-state index contributed by atoms with van der Waals surface area (Å²) in [5, 5.41) is 2.98. The minimum atomic E-state index is -0.108. The molecule has 2 N–H and O–H groups in total. The van der Waals surface area contributed by atoms with Gasteiger partial charge in [-0.1, -0.05) is 24.3 Å². The summed E-state index contributed by atoms with van der Waals surface area (Å²) in [6.07, 6.45) is 3.24. The Labute approximate surface area is 146 Å². The standard InChI is InChI=1S/C18H22BrN3O/c1-3-22(4-2)13-15-8-6-5-7-14(15)11-21-18(23)16-9-17(19)12-20-10-16/h5-10,12H,3-4,11,13H2,1-2H3,(H,21,23)/p+1. The zero-order chi connectivity index (χ0) is 16.7. The second-order valence-corrected chi connectivity index (χ2v) is 6.39. The Kier molecular flexibility index (Phi) is 6.74. The lowest BCUT2D eigenvalue weighted by Gasteiger charge is -2.18. The third-order valence-corrected chi connectivity index (χ3v) is 4.40. The molecule has 1 aromatic carbocycles. The summed E-state index contributed by atoms with van der Waals surface area (Å²) < 4.78 is 0.802. The number of nitrogens with one attached hydrogen (secondary N) is 2. The Morgan fingerprint density at radius 3 is 2.52 bits per heavy atom. The highest BCUT2D eigenvalue weighted by Crippen LogP contribution is 2.11. The van der Waals surface area contributed by atoms with Gasteiger partial charge in [0.15, 0.2) is 0 Å². The molecule has 0 saturated carbocycles. The van der Waals surface area contributed by atoms with Gasteiger partial charge in [0.25, 0.3) is 5.91 Å². The minimum Gasteiger partial charge on any atom is -0.348 e. The van der Waals surface area contributed by atoms with Crippen molar-refractivity contribution >= 4 is 21.8 Å². The number of hydrogen-bond donors (Lipinski definition) is 2. The molecule has 2 rings (SSSR count). The molecule has 0 aliphatic carbocycles. The van der Waals surface area contributed by atoms with Crippen molar-refractivity contribution in [2.75, 3.05) is 13.1 Å². The predicted octanol–water partition coefficient (Wildman–Crippen LogP) is 2.20. The fourth-order valence-electron chi connectivity index (χ4n) is 2.49. The molecule has 0 unspecified atom stereocenters. The first-order valence-electron chi connectivity index (χ1n) is 7.93. The number of quaternary nitrogens is 1. The molecule has 0 fully saturated rings. The van der Waals surface area contributed by atoms with Crippen LogP contribution in [0.4, 0.5) is 0 Å². The highest BCUT2D eigenvalue weighted by atomic mass is 79.9. The van der Waals surface area contributed by atoms with Gasteiger partial charge in [0.1, 0.15) is 6.54 Å². The summed E-state index contributed by atoms with van der Waals surface area (Å²) in [6.45, 7) is 8.11. The Hall–Kier alpha value is -1.72. The number of nitrogens with zero attached hydrogens (tertiary/aromatic N) is 1. The van der Waals surface area contributed by atoms with Gasteiger partial charge >= 0.3 is 0 Å². The number of carbonyl (C=O) groups is 1. The van der Waals surface area contributed by atoms with Crippen molar-refractivity contribution in [1.82, 2.24) is 10.3 Å². The van der Waals surface area contributed by atoms with Gasteiger partial charge in [-0.05, 0) is 41.4 Å². The average Bonchev–Trinajstić information content (AvgIpc) is 2.58. The van der Waals surface area contributed by atoms with E-state index in [9.17, 15) is 4.79 Å². The van der Waals surface area contributed by atoms with Crippen molar-refractivity contribution in [1.29, 1.82) is 0 Å². The maximum atomic E-state index is 12.2. The van der Waals surface area contributed by atoms with Gasteiger partial charge < -0.3 is 10.2 Å². The van der Waals surface area contributed by atoms with Crippen molar-refractivity contribution in [3.63, 3.8) is 0 Å². The number of rotatable bonds is 7. The van der Waals surface area contributed by atoms with Crippen LogP contribution in [0.3, 0.4) is 0 Å². The highest BCUT2D eigenvalue weighted by Gasteiger charge is 2.11. The van der Waals surface area contributed by atoms with Gasteiger partial charge in [0.05, 0.1) is 18.7 Å². The molecular formula is C18H23BrN3O+. The Morgan fingerprint density at radius 1 is 1.17 bits per heavy atom. The number of hydrogen-bond acceptors (Lipinski definition) is 2. The summed E-state index contributed by atoms with van der Waals surface area (Å²) in [4.78, 5) is 17.8. The van der Waals surface area contributed by atoms with Gasteiger partial charge in [-0.2, -0.15) is 0 Å². The Morgan fingerprint density at radius 2 is 1.87 bits per heavy atom. The molecule has 4 nitrogen and oxygen atoms in total. The largest absolute Gasteiger partial charge is 0.348 e. The monoisotopic (exact) mass is 376 g/mol. The van der Waals surface area contributed by atoms with Crippen LogP contribution < -0.4 is 10.2 Å². The summed E-state index contributed by atoms with van der Waals surface area (Å²) in [7, 11) is 0. The lowest BCUT2D eigenvalue weighted by molar-refractivity contribution is -0.910. The molecule has 0 radical (unpaired) electrons. The van der Waals surface area contributed by atoms with Crippen LogP contribution in [0.2, 0.25) is 0 Å². The van der Waals surface area contributed by atoms with Gasteiger partial charge in [0.2, 0.25) is 0 Å². The van der Waals surface area contributed by atoms with Crippen molar-refractivity contribution < 1.29 is 9.69 Å². The van der Waals surface area contributed by atoms with Crippen LogP contribution in [-0.2, 0) is 13.1 Å². The number of aromatic nitrogens is 1. The molecule has 1 amide bonds. The van der Waals surface area contributed by atoms with E-state index in [0.29, 0.717) is 12.1 Å². The average molecular weight is 377 g/mol. The quantitative estimate of drug-likeness (QED) is 0.777. The van der Waals surface area contributed by atoms with E-state index in [2.05, 4.69) is 58.3 Å². The molecule has 2 aromatic rings. The van der Waals surface area contributed by atoms with Crippen LogP contribution in [0.1, 0.15) is 35.3 Å². The molecule has 0 aliphatic rings. The molecule has 5 heteroatoms. The smallest absolute Gasteiger partial charge is 0.253 e. The zero-order valence-electron chi connectivity index (χ0n) is 13.6. The molecule has 0 spiro atoms. The number of carbonyl (C=O) groups excluding carboxylic acids is 1. The van der Waals surface area contributed by atoms with Gasteiger partial charge in [0, 0.05) is 29.0 Å². The van der Waals surface area contributed by atoms with Gasteiger partial charge in [-0.25, -0.2) is 0 Å². The van der Waals surface area contributed by atoms with Crippen molar-refractivity contribution in [3.05, 3.63) is 63.9 Å². The lowest BCUT2D eigenvalue weighted by atomic mass is 10.1. The van der Waals surface area contributed by atoms with E-state index in [4.69, 9.17) is 0 Å². The second kappa shape index (κ2) is 8.79. The predicted molar refractivity (Wildman–Crippen MR) is 95.3 cm³/mol. The topological polar surface area (TPSA) is 46.4 Å². The zero-order valence-corrected chi connectivity index (χ0v) is 15.2. The normalized spacial score (nSPS) is 10.8. The highest BCUT2D eigenvalue weighted by molar-refractivity contribution is 9.10. The van der Waals surface area contributed by atoms with Crippen LogP contribution in [0.25, 0.3) is 0 Å². The van der Waals surface area contributed by atoms with Gasteiger partial charge in [-0.15, -0.1) is 0 Å². The maximum Gasteiger partial charge on any atom is 0.253 e. The SMILES string of the molecule is CC[NH+](CC)Cc1ccccc1CNC(=O)c1cncc(Br)c1. The third-order valence-electron chi connectivity index (χ3n) is 3.97. The van der Waals surface area contributed by atoms with Crippen molar-refractivity contribution in [2.24, 2.45) is 0 Å². The number of benzene rings is 1. The van der Waals surface area contributed by atoms with E-state index in [0.717, 1.165) is 24.1 Å². The van der Waals surface area contributed by atoms with E-state index in [1.165, 1.54) is 16.0 Å². The van der Waals surface area contributed by atoms with E-state index in [-0.39, 0.29) is 5.91 Å². The molecule has 0 atom stereocenters. The van der Waals surface area contributed by atoms with E-state index in [1.807, 2.05) is 6.07 Å². The molecule has 0 saturated heterocycles. The van der Waals surface area contributed by atoms with E-state index in [1.54, 1.807) is 18.5 Å². The summed E-state index contributed by atoms with van der Waals surface area (Å²) in [5.74, 6) is -0.108. The molecule has 1 heterocycles. The first-order valence-corrected chi connectivity index (χ1v) is 8.72. The summed E-state index contributed by atoms with van der Waals surface area (Å²) in [5.41, 5.74) is 3.02. The van der Waals surface area contributed by atoms with Gasteiger partial charge in [-0.3, -0.25) is 9.78 Å². The van der Waals surface area contributed by atoms with Crippen LogP contribution in [0.15, 0.2) is 47.2 Å². The van der Waals surface area contributed by atoms with Crippen LogP contribution >= 0.6 is 15.9 Å². The Bertz CT molecular complexity index is 656. The van der Waals surface area contributed by atoms with E-state index < -0.39 is 0 Å². The minimum absolute atomic E-state index is 0.108. The van der Waals surface area contributed by atoms with E-state index >= 15 is 0 Å². The lowest BCUT2D eigenvalue weighted by Crippen LogP contribution is -3.10. The van der Waals surface area contributed by atoms with Crippen molar-refractivity contribution in [2.45, 2.75) is 26.9 Å². The molecular weight excluding hydrogens is 354 g/mol. The first kappa shape index (κ1) is 17.6. The summed E-state index contributed by atoms with van der Waals surface area (Å²) >= 11 is 3.34. The maximum absolute atomic E-state index is 12.2. The number of pyridine rings is 1. The Balaban J connectivity index is 2.04. The number of halogens is 1. The van der Waals surface area contributed by atoms with Crippen LogP contribution in [0, 0.1) is 0 Å².